The molecule has 116 valence electrons. The first-order chi connectivity index (χ1) is 9.97. The number of carbonyl (C=O) groups excluding carboxylic acids is 1. The summed E-state index contributed by atoms with van der Waals surface area (Å²) in [4.78, 5) is 14.4. The van der Waals surface area contributed by atoms with Crippen molar-refractivity contribution in [3.8, 4) is 0 Å². The van der Waals surface area contributed by atoms with Gasteiger partial charge in [-0.3, -0.25) is 4.79 Å². The highest BCUT2D eigenvalue weighted by molar-refractivity contribution is 7.88. The Hall–Kier alpha value is -1.40. The summed E-state index contributed by atoms with van der Waals surface area (Å²) in [5.41, 5.74) is 0.695. The maximum Gasteiger partial charge on any atom is 0.254 e. The van der Waals surface area contributed by atoms with E-state index in [4.69, 9.17) is 0 Å². The van der Waals surface area contributed by atoms with Crippen LogP contribution in [0.1, 0.15) is 36.0 Å². The van der Waals surface area contributed by atoms with Crippen LogP contribution in [0.25, 0.3) is 0 Å². The van der Waals surface area contributed by atoms with Gasteiger partial charge in [0.1, 0.15) is 0 Å². The Morgan fingerprint density at radius 3 is 2.67 bits per heavy atom. The first kappa shape index (κ1) is 16.0. The Morgan fingerprint density at radius 1 is 1.29 bits per heavy atom. The zero-order chi connectivity index (χ0) is 15.3. The van der Waals surface area contributed by atoms with Crippen LogP contribution in [-0.2, 0) is 10.0 Å². The molecule has 0 saturated carbocycles. The molecule has 0 bridgehead atoms. The molecule has 1 aliphatic rings. The third-order valence-electron chi connectivity index (χ3n) is 3.75. The van der Waals surface area contributed by atoms with E-state index < -0.39 is 10.0 Å². The van der Waals surface area contributed by atoms with E-state index in [0.29, 0.717) is 18.5 Å². The van der Waals surface area contributed by atoms with Gasteiger partial charge >= 0.3 is 0 Å². The number of likely N-dealkylation sites (tertiary alicyclic amines) is 1. The molecule has 1 aromatic rings. The number of nitrogens with zero attached hydrogens (tertiary/aromatic N) is 1. The fourth-order valence-electron chi connectivity index (χ4n) is 2.73. The van der Waals surface area contributed by atoms with E-state index in [9.17, 15) is 13.2 Å². The summed E-state index contributed by atoms with van der Waals surface area (Å²) in [5, 5.41) is 0. The molecule has 0 aliphatic carbocycles. The van der Waals surface area contributed by atoms with Crippen molar-refractivity contribution >= 4 is 15.9 Å². The standard InChI is InChI=1S/C15H22N2O3S/c1-21(19,20)16-11-10-14-9-5-6-12-17(14)15(18)13-7-3-2-4-8-13/h2-4,7-8,14,16H,5-6,9-12H2,1H3. The molecule has 6 heteroatoms. The first-order valence-electron chi connectivity index (χ1n) is 7.28. The van der Waals surface area contributed by atoms with E-state index in [1.807, 2.05) is 35.2 Å². The van der Waals surface area contributed by atoms with Gasteiger partial charge in [-0.1, -0.05) is 18.2 Å². The minimum atomic E-state index is -3.17. The lowest BCUT2D eigenvalue weighted by Crippen LogP contribution is -2.45. The van der Waals surface area contributed by atoms with Crippen LogP contribution >= 0.6 is 0 Å². The average molecular weight is 310 g/mol. The van der Waals surface area contributed by atoms with Gasteiger partial charge in [-0.05, 0) is 37.8 Å². The van der Waals surface area contributed by atoms with Gasteiger partial charge in [0.05, 0.1) is 6.26 Å². The topological polar surface area (TPSA) is 66.5 Å². The molecule has 1 aliphatic heterocycles. The van der Waals surface area contributed by atoms with Crippen molar-refractivity contribution in [1.82, 2.24) is 9.62 Å². The van der Waals surface area contributed by atoms with Crippen molar-refractivity contribution < 1.29 is 13.2 Å². The minimum Gasteiger partial charge on any atom is -0.336 e. The molecule has 0 aromatic heterocycles. The summed E-state index contributed by atoms with van der Waals surface area (Å²) in [7, 11) is -3.17. The lowest BCUT2D eigenvalue weighted by Gasteiger charge is -2.36. The molecule has 1 saturated heterocycles. The highest BCUT2D eigenvalue weighted by Crippen LogP contribution is 2.21. The third-order valence-corrected chi connectivity index (χ3v) is 4.48. The van der Waals surface area contributed by atoms with E-state index in [-0.39, 0.29) is 11.9 Å². The van der Waals surface area contributed by atoms with Gasteiger partial charge in [0.25, 0.3) is 5.91 Å². The number of nitrogens with one attached hydrogen (secondary N) is 1. The molecule has 1 heterocycles. The number of amides is 1. The quantitative estimate of drug-likeness (QED) is 0.898. The second-order valence-electron chi connectivity index (χ2n) is 5.47. The second kappa shape index (κ2) is 7.04. The van der Waals surface area contributed by atoms with Crippen molar-refractivity contribution in [3.63, 3.8) is 0 Å². The Morgan fingerprint density at radius 2 is 2.00 bits per heavy atom. The maximum absolute atomic E-state index is 12.6. The highest BCUT2D eigenvalue weighted by Gasteiger charge is 2.27. The predicted octanol–water partition coefficient (Wildman–Crippen LogP) is 1.62. The molecule has 2 rings (SSSR count). The van der Waals surface area contributed by atoms with Crippen molar-refractivity contribution in [2.45, 2.75) is 31.7 Å². The van der Waals surface area contributed by atoms with E-state index in [2.05, 4.69) is 4.72 Å². The van der Waals surface area contributed by atoms with Crippen LogP contribution in [-0.4, -0.2) is 44.6 Å². The van der Waals surface area contributed by atoms with Crippen molar-refractivity contribution in [2.24, 2.45) is 0 Å². The van der Waals surface area contributed by atoms with E-state index in [1.54, 1.807) is 0 Å². The lowest BCUT2D eigenvalue weighted by atomic mass is 9.98. The highest BCUT2D eigenvalue weighted by atomic mass is 32.2. The number of hydrogen-bond donors (Lipinski definition) is 1. The Bertz CT molecular complexity index is 572. The molecule has 0 spiro atoms. The molecule has 5 nitrogen and oxygen atoms in total. The van der Waals surface area contributed by atoms with Crippen LogP contribution in [0, 0.1) is 0 Å². The largest absolute Gasteiger partial charge is 0.336 e. The van der Waals surface area contributed by atoms with Gasteiger partial charge in [0.2, 0.25) is 10.0 Å². The van der Waals surface area contributed by atoms with E-state index in [0.717, 1.165) is 32.1 Å². The Labute approximate surface area is 126 Å². The lowest BCUT2D eigenvalue weighted by molar-refractivity contribution is 0.0604. The summed E-state index contributed by atoms with van der Waals surface area (Å²) in [5.74, 6) is 0.0413. The van der Waals surface area contributed by atoms with Crippen LogP contribution in [0.4, 0.5) is 0 Å². The zero-order valence-electron chi connectivity index (χ0n) is 12.3. The van der Waals surface area contributed by atoms with Gasteiger partial charge in [0.15, 0.2) is 0 Å². The third kappa shape index (κ3) is 4.82. The molecule has 1 aromatic carbocycles. The molecule has 21 heavy (non-hydrogen) atoms. The molecule has 1 amide bonds. The first-order valence-corrected chi connectivity index (χ1v) is 9.17. The van der Waals surface area contributed by atoms with E-state index >= 15 is 0 Å². The van der Waals surface area contributed by atoms with Crippen LogP contribution in [0.15, 0.2) is 30.3 Å². The van der Waals surface area contributed by atoms with Gasteiger partial charge < -0.3 is 4.90 Å². The smallest absolute Gasteiger partial charge is 0.254 e. The van der Waals surface area contributed by atoms with E-state index in [1.165, 1.54) is 0 Å². The fraction of sp³-hybridized carbons (Fsp3) is 0.533. The van der Waals surface area contributed by atoms with Crippen LogP contribution < -0.4 is 4.72 Å². The number of hydrogen-bond acceptors (Lipinski definition) is 3. The Kier molecular flexibility index (Phi) is 5.36. The SMILES string of the molecule is CS(=O)(=O)NCCC1CCCCN1C(=O)c1ccccc1. The van der Waals surface area contributed by atoms with Crippen molar-refractivity contribution in [1.29, 1.82) is 0 Å². The average Bonchev–Trinajstić information content (AvgIpc) is 2.47. The molecule has 1 atom stereocenters. The van der Waals surface area contributed by atoms with Gasteiger partial charge in [-0.2, -0.15) is 0 Å². The van der Waals surface area contributed by atoms with Crippen molar-refractivity contribution in [2.75, 3.05) is 19.3 Å². The minimum absolute atomic E-state index is 0.0413. The number of rotatable bonds is 5. The number of piperidine rings is 1. The number of benzene rings is 1. The molecule has 0 radical (unpaired) electrons. The fourth-order valence-corrected chi connectivity index (χ4v) is 3.21. The molecule has 1 N–H and O–H groups in total. The summed E-state index contributed by atoms with van der Waals surface area (Å²) >= 11 is 0. The second-order valence-corrected chi connectivity index (χ2v) is 7.30. The Balaban J connectivity index is 2.00. The molecular weight excluding hydrogens is 288 g/mol. The number of sulfonamides is 1. The molecule has 1 unspecified atom stereocenters. The summed E-state index contributed by atoms with van der Waals surface area (Å²) < 4.78 is 24.7. The van der Waals surface area contributed by atoms with Gasteiger partial charge in [0, 0.05) is 24.7 Å². The summed E-state index contributed by atoms with van der Waals surface area (Å²) in [6.45, 7) is 1.12. The molecule has 1 fully saturated rings. The van der Waals surface area contributed by atoms with Crippen LogP contribution in [0.5, 0.6) is 0 Å². The zero-order valence-corrected chi connectivity index (χ0v) is 13.1. The van der Waals surface area contributed by atoms with Crippen LogP contribution in [0.2, 0.25) is 0 Å². The maximum atomic E-state index is 12.6. The normalized spacial score (nSPS) is 19.5. The van der Waals surface area contributed by atoms with Crippen LogP contribution in [0.3, 0.4) is 0 Å². The summed E-state index contributed by atoms with van der Waals surface area (Å²) in [6.07, 6.45) is 4.84. The van der Waals surface area contributed by atoms with Gasteiger partial charge in [-0.25, -0.2) is 13.1 Å². The monoisotopic (exact) mass is 310 g/mol. The predicted molar refractivity (Wildman–Crippen MR) is 82.6 cm³/mol. The summed E-state index contributed by atoms with van der Waals surface area (Å²) in [6, 6.07) is 9.36. The van der Waals surface area contributed by atoms with Crippen molar-refractivity contribution in [3.05, 3.63) is 35.9 Å². The van der Waals surface area contributed by atoms with Gasteiger partial charge in [-0.15, -0.1) is 0 Å². The molecular formula is C15H22N2O3S. The number of carbonyl (C=O) groups is 1.